The maximum atomic E-state index is 14.8. The predicted molar refractivity (Wildman–Crippen MR) is 139 cm³/mol. The topological polar surface area (TPSA) is 108 Å². The summed E-state index contributed by atoms with van der Waals surface area (Å²) >= 11 is 1.40. The lowest BCUT2D eigenvalue weighted by molar-refractivity contribution is 0.0844. The molecule has 0 aliphatic heterocycles. The smallest absolute Gasteiger partial charge is 0.412 e. The molecule has 0 saturated carbocycles. The van der Waals surface area contributed by atoms with Crippen molar-refractivity contribution in [2.75, 3.05) is 19.0 Å². The molecule has 0 aliphatic carbocycles. The van der Waals surface area contributed by atoms with Gasteiger partial charge >= 0.3 is 6.09 Å². The molecule has 37 heavy (non-hydrogen) atoms. The quantitative estimate of drug-likeness (QED) is 0.289. The Morgan fingerprint density at radius 3 is 2.73 bits per heavy atom. The minimum Gasteiger partial charge on any atom is -0.487 e. The van der Waals surface area contributed by atoms with Crippen LogP contribution in [0.1, 0.15) is 12.5 Å². The average molecular weight is 520 g/mol. The van der Waals surface area contributed by atoms with Gasteiger partial charge in [-0.2, -0.15) is 0 Å². The summed E-state index contributed by atoms with van der Waals surface area (Å²) in [7, 11) is 1.54. The van der Waals surface area contributed by atoms with Crippen LogP contribution >= 0.6 is 11.3 Å². The van der Waals surface area contributed by atoms with E-state index in [-0.39, 0.29) is 12.4 Å². The van der Waals surface area contributed by atoms with E-state index in [0.717, 1.165) is 15.8 Å². The molecular formula is C26H22FN5O4S. The minimum absolute atomic E-state index is 0.0300. The highest BCUT2D eigenvalue weighted by Crippen LogP contribution is 2.37. The maximum absolute atomic E-state index is 14.8. The molecule has 0 radical (unpaired) electrons. The molecular weight excluding hydrogens is 497 g/mol. The Morgan fingerprint density at radius 1 is 1.14 bits per heavy atom. The third-order valence-electron chi connectivity index (χ3n) is 5.36. The van der Waals surface area contributed by atoms with Crippen LogP contribution in [0.2, 0.25) is 0 Å². The lowest BCUT2D eigenvalue weighted by Crippen LogP contribution is -2.25. The van der Waals surface area contributed by atoms with E-state index in [1.807, 2.05) is 19.1 Å². The number of anilines is 1. The van der Waals surface area contributed by atoms with Gasteiger partial charge in [0.25, 0.3) is 0 Å². The number of ether oxygens (including phenoxy) is 3. The van der Waals surface area contributed by atoms with Crippen LogP contribution in [0.4, 0.5) is 14.9 Å². The van der Waals surface area contributed by atoms with Gasteiger partial charge in [0.2, 0.25) is 5.88 Å². The van der Waals surface area contributed by atoms with Crippen molar-refractivity contribution >= 4 is 44.4 Å². The average Bonchev–Trinajstić information content (AvgIpc) is 3.29. The van der Waals surface area contributed by atoms with E-state index in [9.17, 15) is 9.18 Å². The molecule has 11 heteroatoms. The van der Waals surface area contributed by atoms with Crippen molar-refractivity contribution in [3.05, 3.63) is 66.4 Å². The molecule has 9 nitrogen and oxygen atoms in total. The Balaban J connectivity index is 1.33. The molecule has 3 aromatic heterocycles. The van der Waals surface area contributed by atoms with Crippen LogP contribution in [0.15, 0.2) is 55.0 Å². The monoisotopic (exact) mass is 519 g/mol. The second-order valence-electron chi connectivity index (χ2n) is 8.25. The number of rotatable bonds is 7. The summed E-state index contributed by atoms with van der Waals surface area (Å²) in [6.45, 7) is 3.59. The molecule has 0 unspecified atom stereocenters. The third-order valence-corrected chi connectivity index (χ3v) is 6.41. The molecule has 2 aromatic carbocycles. The number of amides is 1. The van der Waals surface area contributed by atoms with Gasteiger partial charge in [0.05, 0.1) is 34.6 Å². The molecule has 5 aromatic rings. The van der Waals surface area contributed by atoms with E-state index in [4.69, 9.17) is 14.2 Å². The van der Waals surface area contributed by atoms with E-state index in [1.165, 1.54) is 17.4 Å². The second-order valence-corrected chi connectivity index (χ2v) is 9.28. The zero-order chi connectivity index (χ0) is 25.9. The van der Waals surface area contributed by atoms with Crippen LogP contribution in [-0.2, 0) is 4.74 Å². The molecule has 1 atom stereocenters. The van der Waals surface area contributed by atoms with Gasteiger partial charge in [-0.05, 0) is 43.7 Å². The van der Waals surface area contributed by atoms with Crippen molar-refractivity contribution in [2.45, 2.75) is 20.0 Å². The van der Waals surface area contributed by atoms with Crippen LogP contribution in [0.3, 0.4) is 0 Å². The number of hydrogen-bond donors (Lipinski definition) is 1. The fraction of sp³-hybridized carbons (Fsp3) is 0.192. The summed E-state index contributed by atoms with van der Waals surface area (Å²) in [4.78, 5) is 29.6. The molecule has 0 bridgehead atoms. The third kappa shape index (κ3) is 5.41. The van der Waals surface area contributed by atoms with Crippen molar-refractivity contribution in [3.8, 4) is 22.2 Å². The first-order valence-corrected chi connectivity index (χ1v) is 12.1. The standard InChI is InChI=1S/C26H22FN5O4S/c1-14-8-17(24-20(9-14)31-23(34-3)12-29-24)25-32-19-10-18(27)21(11-22(19)37-25)35-13-15(2)36-26(33)30-16-4-6-28-7-5-16/h4-12,15H,13H2,1-3H3,(H,28,30,33)/t15-/m1/s1. The predicted octanol–water partition coefficient (Wildman–Crippen LogP) is 5.77. The summed E-state index contributed by atoms with van der Waals surface area (Å²) in [6.07, 6.45) is 3.40. The van der Waals surface area contributed by atoms with Crippen molar-refractivity contribution in [2.24, 2.45) is 0 Å². The Hall–Kier alpha value is -4.38. The fourth-order valence-corrected chi connectivity index (χ4v) is 4.66. The first kappa shape index (κ1) is 24.3. The molecule has 3 heterocycles. The number of carbonyl (C=O) groups is 1. The van der Waals surface area contributed by atoms with Crippen LogP contribution < -0.4 is 14.8 Å². The first-order chi connectivity index (χ1) is 17.9. The van der Waals surface area contributed by atoms with Crippen LogP contribution in [0.5, 0.6) is 11.6 Å². The van der Waals surface area contributed by atoms with Crippen molar-refractivity contribution in [3.63, 3.8) is 0 Å². The van der Waals surface area contributed by atoms with Gasteiger partial charge in [-0.25, -0.2) is 24.1 Å². The highest BCUT2D eigenvalue weighted by atomic mass is 32.1. The maximum Gasteiger partial charge on any atom is 0.412 e. The van der Waals surface area contributed by atoms with E-state index < -0.39 is 18.0 Å². The molecule has 0 spiro atoms. The van der Waals surface area contributed by atoms with Gasteiger partial charge in [-0.3, -0.25) is 10.3 Å². The van der Waals surface area contributed by atoms with E-state index in [0.29, 0.717) is 33.1 Å². The number of fused-ring (bicyclic) bond motifs is 2. The Labute approximate surface area is 215 Å². The molecule has 0 saturated heterocycles. The zero-order valence-electron chi connectivity index (χ0n) is 20.2. The molecule has 5 rings (SSSR count). The second kappa shape index (κ2) is 10.3. The van der Waals surface area contributed by atoms with E-state index in [2.05, 4.69) is 25.3 Å². The molecule has 188 valence electrons. The number of nitrogens with one attached hydrogen (secondary N) is 1. The lowest BCUT2D eigenvalue weighted by Gasteiger charge is -2.15. The van der Waals surface area contributed by atoms with Crippen molar-refractivity contribution in [1.29, 1.82) is 0 Å². The van der Waals surface area contributed by atoms with Crippen LogP contribution in [0, 0.1) is 12.7 Å². The number of thiazole rings is 1. The minimum atomic E-state index is -0.642. The van der Waals surface area contributed by atoms with Gasteiger partial charge in [0.15, 0.2) is 11.6 Å². The largest absolute Gasteiger partial charge is 0.487 e. The summed E-state index contributed by atoms with van der Waals surface area (Å²) < 4.78 is 31.7. The molecule has 0 fully saturated rings. The number of aryl methyl sites for hydroxylation is 1. The van der Waals surface area contributed by atoms with Gasteiger partial charge in [0.1, 0.15) is 17.7 Å². The van der Waals surface area contributed by atoms with E-state index in [1.54, 1.807) is 50.8 Å². The van der Waals surface area contributed by atoms with Crippen molar-refractivity contribution in [1.82, 2.24) is 19.9 Å². The Bertz CT molecular complexity index is 1600. The molecule has 0 aliphatic rings. The van der Waals surface area contributed by atoms with Gasteiger partial charge in [-0.1, -0.05) is 0 Å². The van der Waals surface area contributed by atoms with Crippen LogP contribution in [0.25, 0.3) is 31.8 Å². The lowest BCUT2D eigenvalue weighted by atomic mass is 10.1. The van der Waals surface area contributed by atoms with Gasteiger partial charge < -0.3 is 14.2 Å². The van der Waals surface area contributed by atoms with E-state index >= 15 is 0 Å². The highest BCUT2D eigenvalue weighted by molar-refractivity contribution is 7.21. The van der Waals surface area contributed by atoms with Crippen LogP contribution in [-0.4, -0.2) is 45.8 Å². The van der Waals surface area contributed by atoms with Crippen molar-refractivity contribution < 1.29 is 23.4 Å². The fourth-order valence-electron chi connectivity index (χ4n) is 3.67. The normalized spacial score (nSPS) is 11.9. The first-order valence-electron chi connectivity index (χ1n) is 11.3. The SMILES string of the molecule is COc1cnc2c(-c3nc4cc(F)c(OC[C@@H](C)OC(=O)Nc5ccncc5)cc4s3)cc(C)cc2n1. The zero-order valence-corrected chi connectivity index (χ0v) is 21.0. The number of pyridine rings is 1. The Kier molecular flexibility index (Phi) is 6.78. The van der Waals surface area contributed by atoms with Gasteiger partial charge in [-0.15, -0.1) is 11.3 Å². The number of carbonyl (C=O) groups excluding carboxylic acids is 1. The summed E-state index contributed by atoms with van der Waals surface area (Å²) in [5, 5.41) is 3.28. The molecule has 1 amide bonds. The number of hydrogen-bond acceptors (Lipinski definition) is 9. The highest BCUT2D eigenvalue weighted by Gasteiger charge is 2.17. The number of halogens is 1. The number of methoxy groups -OCH3 is 1. The number of benzene rings is 2. The summed E-state index contributed by atoms with van der Waals surface area (Å²) in [5.74, 6) is -0.0898. The Morgan fingerprint density at radius 2 is 1.95 bits per heavy atom. The number of nitrogens with zero attached hydrogens (tertiary/aromatic N) is 4. The number of aromatic nitrogens is 4. The summed E-state index contributed by atoms with van der Waals surface area (Å²) in [6, 6.07) is 10.1. The molecule has 1 N–H and O–H groups in total. The summed E-state index contributed by atoms with van der Waals surface area (Å²) in [5.41, 5.74) is 4.21. The van der Waals surface area contributed by atoms with Gasteiger partial charge in [0, 0.05) is 35.8 Å².